The van der Waals surface area contributed by atoms with Gasteiger partial charge in [0, 0.05) is 5.39 Å². The van der Waals surface area contributed by atoms with E-state index in [0.29, 0.717) is 11.3 Å². The molecule has 0 saturated heterocycles. The quantitative estimate of drug-likeness (QED) is 0.732. The number of para-hydroxylation sites is 1. The molecule has 2 aromatic carbocycles. The molecule has 0 aliphatic rings. The van der Waals surface area contributed by atoms with Gasteiger partial charge in [-0.2, -0.15) is 0 Å². The zero-order valence-corrected chi connectivity index (χ0v) is 11.1. The Morgan fingerprint density at radius 1 is 1.15 bits per heavy atom. The Kier molecular flexibility index (Phi) is 3.03. The highest BCUT2D eigenvalue weighted by Gasteiger charge is 2.14. The summed E-state index contributed by atoms with van der Waals surface area (Å²) in [5.41, 5.74) is 2.02. The van der Waals surface area contributed by atoms with E-state index in [4.69, 9.17) is 4.42 Å². The van der Waals surface area contributed by atoms with Crippen LogP contribution in [0.2, 0.25) is 0 Å². The lowest BCUT2D eigenvalue weighted by Gasteiger charge is -2.03. The van der Waals surface area contributed by atoms with Crippen LogP contribution >= 0.6 is 0 Å². The third-order valence-electron chi connectivity index (χ3n) is 3.26. The van der Waals surface area contributed by atoms with Gasteiger partial charge in [-0.05, 0) is 36.8 Å². The average molecular weight is 266 g/mol. The first-order valence-corrected chi connectivity index (χ1v) is 6.44. The second-order valence-electron chi connectivity index (χ2n) is 4.87. The molecule has 3 aromatic rings. The highest BCUT2D eigenvalue weighted by molar-refractivity contribution is 6.00. The number of aryl methyl sites for hydroxylation is 1. The van der Waals surface area contributed by atoms with E-state index in [2.05, 4.69) is 0 Å². The van der Waals surface area contributed by atoms with Crippen molar-refractivity contribution in [3.63, 3.8) is 0 Å². The van der Waals surface area contributed by atoms with E-state index in [1.165, 1.54) is 0 Å². The van der Waals surface area contributed by atoms with E-state index in [-0.39, 0.29) is 18.0 Å². The standard InChI is InChI=1S/C17H14O3/c1-11-6-7-14(15(18)8-11)16(19)10-13-9-12-4-2-3-5-17(12)20-13/h2-9,18H,10H2,1H3. The molecular formula is C17H14O3. The number of aromatic hydroxyl groups is 1. The lowest BCUT2D eigenvalue weighted by atomic mass is 10.0. The molecule has 0 fully saturated rings. The van der Waals surface area contributed by atoms with Crippen LogP contribution in [0.25, 0.3) is 11.0 Å². The number of rotatable bonds is 3. The third-order valence-corrected chi connectivity index (χ3v) is 3.26. The van der Waals surface area contributed by atoms with Crippen LogP contribution in [-0.2, 0) is 6.42 Å². The third kappa shape index (κ3) is 2.30. The number of carbonyl (C=O) groups is 1. The molecule has 3 heteroatoms. The monoisotopic (exact) mass is 266 g/mol. The van der Waals surface area contributed by atoms with Crippen molar-refractivity contribution in [3.05, 3.63) is 65.4 Å². The Balaban J connectivity index is 1.88. The van der Waals surface area contributed by atoms with Crippen LogP contribution < -0.4 is 0 Å². The van der Waals surface area contributed by atoms with E-state index >= 15 is 0 Å². The van der Waals surface area contributed by atoms with Gasteiger partial charge in [-0.25, -0.2) is 0 Å². The molecular weight excluding hydrogens is 252 g/mol. The van der Waals surface area contributed by atoms with Crippen molar-refractivity contribution in [1.29, 1.82) is 0 Å². The summed E-state index contributed by atoms with van der Waals surface area (Å²) in [6, 6.07) is 14.5. The molecule has 0 aliphatic heterocycles. The first-order chi connectivity index (χ1) is 9.63. The van der Waals surface area contributed by atoms with Gasteiger partial charge in [0.05, 0.1) is 12.0 Å². The van der Waals surface area contributed by atoms with Crippen molar-refractivity contribution in [1.82, 2.24) is 0 Å². The molecule has 3 nitrogen and oxygen atoms in total. The number of hydrogen-bond donors (Lipinski definition) is 1. The number of benzene rings is 2. The fourth-order valence-electron chi connectivity index (χ4n) is 2.25. The predicted molar refractivity (Wildman–Crippen MR) is 77.1 cm³/mol. The first-order valence-electron chi connectivity index (χ1n) is 6.44. The van der Waals surface area contributed by atoms with Crippen LogP contribution in [-0.4, -0.2) is 10.9 Å². The number of phenolic OH excluding ortho intramolecular Hbond substituents is 1. The smallest absolute Gasteiger partial charge is 0.174 e. The number of Topliss-reactive ketones (excluding diaryl/α,β-unsaturated/α-hetero) is 1. The van der Waals surface area contributed by atoms with Gasteiger partial charge in [-0.15, -0.1) is 0 Å². The summed E-state index contributed by atoms with van der Waals surface area (Å²) in [4.78, 5) is 12.2. The first kappa shape index (κ1) is 12.5. The fourth-order valence-corrected chi connectivity index (χ4v) is 2.25. The van der Waals surface area contributed by atoms with E-state index in [1.807, 2.05) is 43.3 Å². The number of carbonyl (C=O) groups excluding carboxylic acids is 1. The molecule has 0 bridgehead atoms. The van der Waals surface area contributed by atoms with E-state index in [9.17, 15) is 9.90 Å². The Bertz CT molecular complexity index is 751. The normalized spacial score (nSPS) is 10.8. The van der Waals surface area contributed by atoms with Crippen LogP contribution in [0.5, 0.6) is 5.75 Å². The maximum absolute atomic E-state index is 12.2. The highest BCUT2D eigenvalue weighted by atomic mass is 16.3. The van der Waals surface area contributed by atoms with Gasteiger partial charge < -0.3 is 9.52 Å². The Labute approximate surface area is 116 Å². The van der Waals surface area contributed by atoms with Gasteiger partial charge in [0.25, 0.3) is 0 Å². The van der Waals surface area contributed by atoms with Crippen molar-refractivity contribution in [2.24, 2.45) is 0 Å². The highest BCUT2D eigenvalue weighted by Crippen LogP contribution is 2.23. The Hall–Kier alpha value is -2.55. The van der Waals surface area contributed by atoms with Crippen molar-refractivity contribution in [2.45, 2.75) is 13.3 Å². The van der Waals surface area contributed by atoms with Crippen molar-refractivity contribution in [3.8, 4) is 5.75 Å². The van der Waals surface area contributed by atoms with Crippen LogP contribution in [0.4, 0.5) is 0 Å². The van der Waals surface area contributed by atoms with Gasteiger partial charge in [-0.1, -0.05) is 24.3 Å². The largest absolute Gasteiger partial charge is 0.507 e. The lowest BCUT2D eigenvalue weighted by Crippen LogP contribution is -2.03. The van der Waals surface area contributed by atoms with Crippen molar-refractivity contribution >= 4 is 16.8 Å². The van der Waals surface area contributed by atoms with Crippen LogP contribution in [0.1, 0.15) is 21.7 Å². The Morgan fingerprint density at radius 2 is 1.95 bits per heavy atom. The fraction of sp³-hybridized carbons (Fsp3) is 0.118. The van der Waals surface area contributed by atoms with Gasteiger partial charge >= 0.3 is 0 Å². The molecule has 0 amide bonds. The zero-order chi connectivity index (χ0) is 14.1. The predicted octanol–water partition coefficient (Wildman–Crippen LogP) is 3.87. The van der Waals surface area contributed by atoms with Gasteiger partial charge in [0.2, 0.25) is 0 Å². The van der Waals surface area contributed by atoms with E-state index in [0.717, 1.165) is 16.5 Å². The molecule has 1 N–H and O–H groups in total. The van der Waals surface area contributed by atoms with Crippen LogP contribution in [0.15, 0.2) is 52.9 Å². The number of hydrogen-bond acceptors (Lipinski definition) is 3. The van der Waals surface area contributed by atoms with E-state index < -0.39 is 0 Å². The topological polar surface area (TPSA) is 50.4 Å². The number of fused-ring (bicyclic) bond motifs is 1. The summed E-state index contributed by atoms with van der Waals surface area (Å²) in [5.74, 6) is 0.476. The molecule has 0 radical (unpaired) electrons. The molecule has 20 heavy (non-hydrogen) atoms. The van der Waals surface area contributed by atoms with Crippen molar-refractivity contribution in [2.75, 3.05) is 0 Å². The van der Waals surface area contributed by atoms with Crippen LogP contribution in [0.3, 0.4) is 0 Å². The number of ketones is 1. The number of furan rings is 1. The molecule has 3 rings (SSSR count). The minimum atomic E-state index is -0.151. The molecule has 1 aromatic heterocycles. The lowest BCUT2D eigenvalue weighted by molar-refractivity contribution is 0.0985. The summed E-state index contributed by atoms with van der Waals surface area (Å²) in [7, 11) is 0. The Morgan fingerprint density at radius 3 is 2.70 bits per heavy atom. The molecule has 0 aliphatic carbocycles. The summed E-state index contributed by atoms with van der Waals surface area (Å²) in [5, 5.41) is 10.8. The van der Waals surface area contributed by atoms with Crippen molar-refractivity contribution < 1.29 is 14.3 Å². The molecule has 0 saturated carbocycles. The number of phenols is 1. The van der Waals surface area contributed by atoms with Crippen LogP contribution in [0, 0.1) is 6.92 Å². The molecule has 0 spiro atoms. The molecule has 0 atom stereocenters. The SMILES string of the molecule is Cc1ccc(C(=O)Cc2cc3ccccc3o2)c(O)c1. The van der Waals surface area contributed by atoms with Gasteiger partial charge in [-0.3, -0.25) is 4.79 Å². The average Bonchev–Trinajstić information content (AvgIpc) is 2.80. The maximum atomic E-state index is 12.2. The summed E-state index contributed by atoms with van der Waals surface area (Å²) in [6.07, 6.45) is 0.144. The maximum Gasteiger partial charge on any atom is 0.174 e. The summed E-state index contributed by atoms with van der Waals surface area (Å²) >= 11 is 0. The molecule has 0 unspecified atom stereocenters. The van der Waals surface area contributed by atoms with Gasteiger partial charge in [0.1, 0.15) is 17.1 Å². The summed E-state index contributed by atoms with van der Waals surface area (Å²) < 4.78 is 5.62. The molecule has 1 heterocycles. The van der Waals surface area contributed by atoms with Gasteiger partial charge in [0.15, 0.2) is 5.78 Å². The zero-order valence-electron chi connectivity index (χ0n) is 11.1. The summed E-state index contributed by atoms with van der Waals surface area (Å²) in [6.45, 7) is 1.87. The second kappa shape index (κ2) is 4.85. The molecule has 100 valence electrons. The minimum absolute atomic E-state index is 0.0195. The van der Waals surface area contributed by atoms with E-state index in [1.54, 1.807) is 12.1 Å². The second-order valence-corrected chi connectivity index (χ2v) is 4.87. The minimum Gasteiger partial charge on any atom is -0.507 e.